The van der Waals surface area contributed by atoms with Crippen molar-refractivity contribution in [2.75, 3.05) is 38.5 Å². The molecular weight excluding hydrogens is 356 g/mol. The topological polar surface area (TPSA) is 57.9 Å². The monoisotopic (exact) mass is 380 g/mol. The van der Waals surface area contributed by atoms with E-state index in [1.54, 1.807) is 16.7 Å². The van der Waals surface area contributed by atoms with Crippen LogP contribution in [-0.2, 0) is 10.5 Å². The molecule has 1 aliphatic rings. The van der Waals surface area contributed by atoms with Crippen molar-refractivity contribution in [3.8, 4) is 0 Å². The van der Waals surface area contributed by atoms with E-state index in [0.29, 0.717) is 22.4 Å². The van der Waals surface area contributed by atoms with E-state index in [1.807, 2.05) is 10.3 Å². The number of hydrogen-bond acceptors (Lipinski definition) is 6. The van der Waals surface area contributed by atoms with E-state index in [9.17, 15) is 9.59 Å². The molecule has 0 unspecified atom stereocenters. The van der Waals surface area contributed by atoms with Gasteiger partial charge in [0, 0.05) is 56.1 Å². The number of amides is 1. The summed E-state index contributed by atoms with van der Waals surface area (Å²) in [5.41, 5.74) is 0.682. The molecule has 0 aromatic carbocycles. The quantitative estimate of drug-likeness (QED) is 0.765. The Morgan fingerprint density at radius 2 is 2.08 bits per heavy atom. The minimum absolute atomic E-state index is 0.0607. The highest BCUT2D eigenvalue weighted by Gasteiger charge is 2.21. The van der Waals surface area contributed by atoms with Crippen LogP contribution in [0.25, 0.3) is 4.96 Å². The summed E-state index contributed by atoms with van der Waals surface area (Å²) >= 11 is 2.97. The Labute approximate surface area is 155 Å². The molecule has 8 heteroatoms. The summed E-state index contributed by atoms with van der Waals surface area (Å²) in [4.78, 5) is 33.9. The SMILES string of the molecule is CC(C)CN1CCN(C(=O)CSCc2cc(=O)n3ccsc3n2)CC1. The second-order valence-corrected chi connectivity index (χ2v) is 8.57. The number of thiazole rings is 1. The molecule has 1 saturated heterocycles. The van der Waals surface area contributed by atoms with E-state index in [0.717, 1.165) is 38.4 Å². The van der Waals surface area contributed by atoms with Crippen LogP contribution in [0.4, 0.5) is 0 Å². The highest BCUT2D eigenvalue weighted by Crippen LogP contribution is 2.14. The van der Waals surface area contributed by atoms with Crippen LogP contribution in [-0.4, -0.2) is 63.6 Å². The summed E-state index contributed by atoms with van der Waals surface area (Å²) in [7, 11) is 0. The summed E-state index contributed by atoms with van der Waals surface area (Å²) in [6, 6.07) is 1.56. The van der Waals surface area contributed by atoms with E-state index in [4.69, 9.17) is 0 Å². The minimum atomic E-state index is -0.0607. The third kappa shape index (κ3) is 4.83. The molecule has 0 radical (unpaired) electrons. The van der Waals surface area contributed by atoms with Gasteiger partial charge in [-0.05, 0) is 5.92 Å². The van der Waals surface area contributed by atoms with Gasteiger partial charge in [-0.1, -0.05) is 13.8 Å². The molecule has 25 heavy (non-hydrogen) atoms. The number of nitrogens with zero attached hydrogens (tertiary/aromatic N) is 4. The first-order valence-corrected chi connectivity index (χ1v) is 10.6. The van der Waals surface area contributed by atoms with E-state index in [2.05, 4.69) is 23.7 Å². The first-order valence-electron chi connectivity index (χ1n) is 8.56. The number of fused-ring (bicyclic) bond motifs is 1. The van der Waals surface area contributed by atoms with Gasteiger partial charge in [-0.3, -0.25) is 18.9 Å². The van der Waals surface area contributed by atoms with Crippen LogP contribution in [0.15, 0.2) is 22.4 Å². The molecule has 0 atom stereocenters. The molecule has 3 rings (SSSR count). The number of piperazine rings is 1. The summed E-state index contributed by atoms with van der Waals surface area (Å²) in [6.07, 6.45) is 1.73. The molecule has 0 spiro atoms. The van der Waals surface area contributed by atoms with Gasteiger partial charge in [0.15, 0.2) is 4.96 Å². The van der Waals surface area contributed by atoms with Crippen molar-refractivity contribution in [2.24, 2.45) is 5.92 Å². The Bertz CT molecular complexity index is 778. The lowest BCUT2D eigenvalue weighted by Gasteiger charge is -2.35. The molecule has 2 aromatic rings. The zero-order chi connectivity index (χ0) is 17.8. The Kier molecular flexibility index (Phi) is 6.14. The van der Waals surface area contributed by atoms with Crippen molar-refractivity contribution in [1.29, 1.82) is 0 Å². The third-order valence-corrected chi connectivity index (χ3v) is 5.89. The fraction of sp³-hybridized carbons (Fsp3) is 0.588. The summed E-state index contributed by atoms with van der Waals surface area (Å²) in [5, 5.41) is 1.85. The van der Waals surface area contributed by atoms with E-state index in [-0.39, 0.29) is 11.5 Å². The van der Waals surface area contributed by atoms with Crippen LogP contribution in [0.1, 0.15) is 19.5 Å². The fourth-order valence-corrected chi connectivity index (χ4v) is 4.55. The smallest absolute Gasteiger partial charge is 0.258 e. The van der Waals surface area contributed by atoms with Crippen molar-refractivity contribution in [3.63, 3.8) is 0 Å². The van der Waals surface area contributed by atoms with E-state index < -0.39 is 0 Å². The molecule has 136 valence electrons. The predicted molar refractivity (Wildman–Crippen MR) is 103 cm³/mol. The number of hydrogen-bond donors (Lipinski definition) is 0. The predicted octanol–water partition coefficient (Wildman–Crippen LogP) is 1.79. The molecule has 3 heterocycles. The molecule has 2 aromatic heterocycles. The largest absolute Gasteiger partial charge is 0.339 e. The van der Waals surface area contributed by atoms with Crippen LogP contribution >= 0.6 is 23.1 Å². The maximum atomic E-state index is 12.4. The molecule has 6 nitrogen and oxygen atoms in total. The van der Waals surface area contributed by atoms with Gasteiger partial charge < -0.3 is 4.90 Å². The lowest BCUT2D eigenvalue weighted by atomic mass is 10.2. The van der Waals surface area contributed by atoms with Gasteiger partial charge in [-0.2, -0.15) is 0 Å². The zero-order valence-corrected chi connectivity index (χ0v) is 16.3. The Morgan fingerprint density at radius 3 is 2.80 bits per heavy atom. The van der Waals surface area contributed by atoms with Crippen LogP contribution in [0.3, 0.4) is 0 Å². The number of carbonyl (C=O) groups is 1. The second kappa shape index (κ2) is 8.33. The number of thioether (sulfide) groups is 1. The van der Waals surface area contributed by atoms with Gasteiger partial charge in [0.05, 0.1) is 11.4 Å². The maximum absolute atomic E-state index is 12.4. The minimum Gasteiger partial charge on any atom is -0.339 e. The number of rotatable bonds is 6. The standard InChI is InChI=1S/C17H24N4O2S2/c1-13(2)10-19-3-5-20(6-4-19)16(23)12-24-11-14-9-15(22)21-7-8-25-17(21)18-14/h7-9,13H,3-6,10-12H2,1-2H3. The molecule has 0 saturated carbocycles. The lowest BCUT2D eigenvalue weighted by Crippen LogP contribution is -2.50. The number of carbonyl (C=O) groups excluding carboxylic acids is 1. The summed E-state index contributed by atoms with van der Waals surface area (Å²) < 4.78 is 1.54. The molecule has 0 bridgehead atoms. The molecule has 1 fully saturated rings. The Morgan fingerprint density at radius 1 is 1.32 bits per heavy atom. The molecule has 0 aliphatic carbocycles. The normalized spacial score (nSPS) is 16.0. The van der Waals surface area contributed by atoms with Crippen molar-refractivity contribution < 1.29 is 4.79 Å². The van der Waals surface area contributed by atoms with Crippen LogP contribution in [0.5, 0.6) is 0 Å². The van der Waals surface area contributed by atoms with Gasteiger partial charge in [0.1, 0.15) is 0 Å². The van der Waals surface area contributed by atoms with Crippen LogP contribution in [0, 0.1) is 5.92 Å². The highest BCUT2D eigenvalue weighted by molar-refractivity contribution is 7.99. The van der Waals surface area contributed by atoms with Crippen LogP contribution < -0.4 is 5.56 Å². The summed E-state index contributed by atoms with van der Waals surface area (Å²) in [5.74, 6) is 1.87. The molecule has 1 aliphatic heterocycles. The Balaban J connectivity index is 1.45. The van der Waals surface area contributed by atoms with Crippen molar-refractivity contribution >= 4 is 34.0 Å². The highest BCUT2D eigenvalue weighted by atomic mass is 32.2. The van der Waals surface area contributed by atoms with Crippen molar-refractivity contribution in [1.82, 2.24) is 19.2 Å². The van der Waals surface area contributed by atoms with Crippen molar-refractivity contribution in [3.05, 3.63) is 33.7 Å². The molecule has 1 amide bonds. The lowest BCUT2D eigenvalue weighted by molar-refractivity contribution is -0.130. The third-order valence-electron chi connectivity index (χ3n) is 4.18. The van der Waals surface area contributed by atoms with Crippen molar-refractivity contribution in [2.45, 2.75) is 19.6 Å². The number of aromatic nitrogens is 2. The average Bonchev–Trinajstić information content (AvgIpc) is 3.04. The van der Waals surface area contributed by atoms with Gasteiger partial charge in [0.25, 0.3) is 5.56 Å². The zero-order valence-electron chi connectivity index (χ0n) is 14.7. The van der Waals surface area contributed by atoms with Crippen LogP contribution in [0.2, 0.25) is 0 Å². The molecular formula is C17H24N4O2S2. The molecule has 0 N–H and O–H groups in total. The van der Waals surface area contributed by atoms with Gasteiger partial charge in [-0.15, -0.1) is 23.1 Å². The van der Waals surface area contributed by atoms with Gasteiger partial charge in [0.2, 0.25) is 5.91 Å². The second-order valence-electron chi connectivity index (χ2n) is 6.71. The Hall–Kier alpha value is -1.38. The summed E-state index contributed by atoms with van der Waals surface area (Å²) in [6.45, 7) is 9.09. The average molecular weight is 381 g/mol. The van der Waals surface area contributed by atoms with E-state index >= 15 is 0 Å². The van der Waals surface area contributed by atoms with Gasteiger partial charge in [-0.25, -0.2) is 4.98 Å². The van der Waals surface area contributed by atoms with E-state index in [1.165, 1.54) is 23.1 Å². The maximum Gasteiger partial charge on any atom is 0.258 e. The van der Waals surface area contributed by atoms with Gasteiger partial charge >= 0.3 is 0 Å². The first-order chi connectivity index (χ1) is 12.0. The first kappa shape index (κ1) is 18.4. The fourth-order valence-electron chi connectivity index (χ4n) is 2.99.